The first-order valence-electron chi connectivity index (χ1n) is 6.58. The van der Waals surface area contributed by atoms with Crippen molar-refractivity contribution in [2.45, 2.75) is 54.4 Å². The van der Waals surface area contributed by atoms with E-state index in [0.29, 0.717) is 0 Å². The second-order valence-corrected chi connectivity index (χ2v) is 5.96. The summed E-state index contributed by atoms with van der Waals surface area (Å²) in [7, 11) is 0. The molecule has 4 unspecified atom stereocenters. The summed E-state index contributed by atoms with van der Waals surface area (Å²) in [4.78, 5) is 0. The second kappa shape index (κ2) is 5.18. The molecule has 0 aromatic rings. The van der Waals surface area contributed by atoms with E-state index in [1.54, 1.807) is 0 Å². The van der Waals surface area contributed by atoms with Crippen LogP contribution >= 0.6 is 0 Å². The molecule has 0 nitrogen and oxygen atoms in total. The summed E-state index contributed by atoms with van der Waals surface area (Å²) in [6.45, 7) is 14.2. The summed E-state index contributed by atoms with van der Waals surface area (Å²) >= 11 is 0. The average Bonchev–Trinajstić information content (AvgIpc) is 2.34. The van der Waals surface area contributed by atoms with Crippen LogP contribution in [0.5, 0.6) is 0 Å². The normalized spacial score (nSPS) is 40.5. The molecule has 15 heavy (non-hydrogen) atoms. The number of hydrogen-bond acceptors (Lipinski definition) is 0. The molecule has 0 spiro atoms. The third-order valence-electron chi connectivity index (χ3n) is 4.89. The molecule has 0 aromatic carbocycles. The zero-order valence-corrected chi connectivity index (χ0v) is 11.4. The first-order chi connectivity index (χ1) is 6.95. The van der Waals surface area contributed by atoms with Crippen LogP contribution in [0.2, 0.25) is 0 Å². The lowest BCUT2D eigenvalue weighted by molar-refractivity contribution is 0.302. The smallest absolute Gasteiger partial charge is 0.0345 e. The highest BCUT2D eigenvalue weighted by atomic mass is 14.5. The maximum Gasteiger partial charge on any atom is -0.0345 e. The van der Waals surface area contributed by atoms with Gasteiger partial charge < -0.3 is 0 Å². The highest BCUT2D eigenvalue weighted by Gasteiger charge is 2.40. The van der Waals surface area contributed by atoms with E-state index in [4.69, 9.17) is 0 Å². The van der Waals surface area contributed by atoms with E-state index in [0.717, 1.165) is 29.6 Å². The molecule has 0 N–H and O–H groups in total. The Bertz CT molecular complexity index is 208. The lowest BCUT2D eigenvalue weighted by Crippen LogP contribution is -2.12. The highest BCUT2D eigenvalue weighted by Crippen LogP contribution is 2.47. The van der Waals surface area contributed by atoms with Crippen LogP contribution in [0.1, 0.15) is 54.4 Å². The van der Waals surface area contributed by atoms with E-state index in [1.165, 1.54) is 18.4 Å². The molecule has 0 aliphatic heterocycles. The minimum absolute atomic E-state index is 0.914. The summed E-state index contributed by atoms with van der Waals surface area (Å²) in [5, 5.41) is 0. The molecule has 0 amide bonds. The van der Waals surface area contributed by atoms with Crippen molar-refractivity contribution in [2.75, 3.05) is 0 Å². The van der Waals surface area contributed by atoms with Gasteiger partial charge in [-0.2, -0.15) is 0 Å². The van der Waals surface area contributed by atoms with Gasteiger partial charge in [0.25, 0.3) is 0 Å². The summed E-state index contributed by atoms with van der Waals surface area (Å²) in [5.74, 6) is 4.61. The van der Waals surface area contributed by atoms with Gasteiger partial charge in [0.2, 0.25) is 0 Å². The number of allylic oxidation sites excluding steroid dienone is 2. The molecule has 0 radical (unpaired) electrons. The molecule has 0 bridgehead atoms. The minimum Gasteiger partial charge on any atom is -0.0859 e. The Morgan fingerprint density at radius 3 is 1.73 bits per heavy atom. The Hall–Kier alpha value is -0.260. The Morgan fingerprint density at radius 1 is 0.867 bits per heavy atom. The monoisotopic (exact) mass is 208 g/mol. The van der Waals surface area contributed by atoms with E-state index in [1.807, 2.05) is 0 Å². The molecule has 0 heteroatoms. The molecular formula is C15H28. The molecule has 1 rings (SSSR count). The Kier molecular flexibility index (Phi) is 4.43. The van der Waals surface area contributed by atoms with Gasteiger partial charge in [0, 0.05) is 0 Å². The van der Waals surface area contributed by atoms with Gasteiger partial charge in [-0.1, -0.05) is 39.3 Å². The lowest BCUT2D eigenvalue weighted by Gasteiger charge is -2.20. The maximum atomic E-state index is 2.46. The molecule has 4 atom stereocenters. The van der Waals surface area contributed by atoms with Crippen molar-refractivity contribution in [3.63, 3.8) is 0 Å². The number of rotatable bonds is 3. The zero-order valence-electron chi connectivity index (χ0n) is 11.4. The average molecular weight is 208 g/mol. The van der Waals surface area contributed by atoms with Crippen molar-refractivity contribution in [2.24, 2.45) is 29.6 Å². The minimum atomic E-state index is 0.914. The predicted molar refractivity (Wildman–Crippen MR) is 68.8 cm³/mol. The van der Waals surface area contributed by atoms with Crippen molar-refractivity contribution >= 4 is 0 Å². The molecule has 1 fully saturated rings. The summed E-state index contributed by atoms with van der Waals surface area (Å²) in [5.41, 5.74) is 1.47. The highest BCUT2D eigenvalue weighted by molar-refractivity contribution is 4.95. The second-order valence-electron chi connectivity index (χ2n) is 5.96. The molecule has 0 heterocycles. The van der Waals surface area contributed by atoms with E-state index in [9.17, 15) is 0 Å². The van der Waals surface area contributed by atoms with Gasteiger partial charge in [-0.3, -0.25) is 0 Å². The SMILES string of the molecule is CC(C)=CCCC1C(C)C(C)C(C)C1C. The number of hydrogen-bond donors (Lipinski definition) is 0. The first kappa shape index (κ1) is 12.8. The summed E-state index contributed by atoms with van der Waals surface area (Å²) in [6.07, 6.45) is 5.07. The van der Waals surface area contributed by atoms with E-state index >= 15 is 0 Å². The van der Waals surface area contributed by atoms with Gasteiger partial charge in [0.15, 0.2) is 0 Å². The lowest BCUT2D eigenvalue weighted by atomic mass is 9.85. The van der Waals surface area contributed by atoms with Gasteiger partial charge in [-0.25, -0.2) is 0 Å². The van der Waals surface area contributed by atoms with Crippen LogP contribution in [0, 0.1) is 29.6 Å². The van der Waals surface area contributed by atoms with Crippen molar-refractivity contribution in [3.05, 3.63) is 11.6 Å². The summed E-state index contributed by atoms with van der Waals surface area (Å²) < 4.78 is 0. The molecule has 1 aliphatic carbocycles. The Labute approximate surface area is 96.2 Å². The van der Waals surface area contributed by atoms with Gasteiger partial charge >= 0.3 is 0 Å². The van der Waals surface area contributed by atoms with Gasteiger partial charge in [-0.15, -0.1) is 0 Å². The van der Waals surface area contributed by atoms with Crippen LogP contribution < -0.4 is 0 Å². The predicted octanol–water partition coefficient (Wildman–Crippen LogP) is 4.91. The van der Waals surface area contributed by atoms with Crippen molar-refractivity contribution in [1.29, 1.82) is 0 Å². The van der Waals surface area contributed by atoms with E-state index in [2.05, 4.69) is 47.6 Å². The van der Waals surface area contributed by atoms with Crippen LogP contribution in [-0.4, -0.2) is 0 Å². The zero-order chi connectivity index (χ0) is 11.6. The molecule has 0 aromatic heterocycles. The Balaban J connectivity index is 2.51. The van der Waals surface area contributed by atoms with Gasteiger partial charge in [0.05, 0.1) is 0 Å². The first-order valence-corrected chi connectivity index (χ1v) is 6.58. The largest absolute Gasteiger partial charge is 0.0859 e. The van der Waals surface area contributed by atoms with Crippen LogP contribution in [-0.2, 0) is 0 Å². The van der Waals surface area contributed by atoms with Crippen LogP contribution in [0.25, 0.3) is 0 Å². The molecule has 0 saturated heterocycles. The van der Waals surface area contributed by atoms with Gasteiger partial charge in [-0.05, 0) is 56.3 Å². The fourth-order valence-corrected chi connectivity index (χ4v) is 3.31. The van der Waals surface area contributed by atoms with Gasteiger partial charge in [0.1, 0.15) is 0 Å². The van der Waals surface area contributed by atoms with Crippen molar-refractivity contribution < 1.29 is 0 Å². The van der Waals surface area contributed by atoms with E-state index in [-0.39, 0.29) is 0 Å². The van der Waals surface area contributed by atoms with Crippen molar-refractivity contribution in [1.82, 2.24) is 0 Å². The molecule has 88 valence electrons. The third kappa shape index (κ3) is 2.86. The Morgan fingerprint density at radius 2 is 1.33 bits per heavy atom. The molecule has 1 aliphatic rings. The topological polar surface area (TPSA) is 0 Å². The third-order valence-corrected chi connectivity index (χ3v) is 4.89. The van der Waals surface area contributed by atoms with Crippen LogP contribution in [0.3, 0.4) is 0 Å². The van der Waals surface area contributed by atoms with Crippen LogP contribution in [0.15, 0.2) is 11.6 Å². The quantitative estimate of drug-likeness (QED) is 0.578. The summed E-state index contributed by atoms with van der Waals surface area (Å²) in [6, 6.07) is 0. The van der Waals surface area contributed by atoms with Crippen LogP contribution in [0.4, 0.5) is 0 Å². The van der Waals surface area contributed by atoms with Crippen molar-refractivity contribution in [3.8, 4) is 0 Å². The van der Waals surface area contributed by atoms with E-state index < -0.39 is 0 Å². The fraction of sp³-hybridized carbons (Fsp3) is 0.867. The standard InChI is InChI=1S/C15H28/c1-10(2)8-7-9-15-13(5)11(3)12(4)14(15)6/h8,11-15H,7,9H2,1-6H3. The maximum absolute atomic E-state index is 2.46. The molecule has 1 saturated carbocycles. The molecular weight excluding hydrogens is 180 g/mol. The fourth-order valence-electron chi connectivity index (χ4n) is 3.31.